The van der Waals surface area contributed by atoms with Gasteiger partial charge < -0.3 is 9.84 Å². The van der Waals surface area contributed by atoms with Crippen LogP contribution in [0.5, 0.6) is 11.5 Å². The SMILES string of the molecule is C=C(C)C(=O)Oc1c(C(C)c2cc(C)cc(C(C)(C)C)c2O)cc(C)cc1C(C)(C)C. The fourth-order valence-electron chi connectivity index (χ4n) is 3.85. The van der Waals surface area contributed by atoms with E-state index in [1.165, 1.54) is 0 Å². The lowest BCUT2D eigenvalue weighted by molar-refractivity contribution is -0.130. The van der Waals surface area contributed by atoms with Gasteiger partial charge >= 0.3 is 5.97 Å². The van der Waals surface area contributed by atoms with Crippen molar-refractivity contribution < 1.29 is 14.6 Å². The average Bonchev–Trinajstić information content (AvgIpc) is 2.61. The normalized spacial score (nSPS) is 13.1. The summed E-state index contributed by atoms with van der Waals surface area (Å²) in [5.74, 6) is 0.264. The second kappa shape index (κ2) is 8.53. The molecular formula is C28H38O3. The first kappa shape index (κ1) is 24.7. The van der Waals surface area contributed by atoms with Gasteiger partial charge in [0.1, 0.15) is 11.5 Å². The number of carbonyl (C=O) groups is 1. The van der Waals surface area contributed by atoms with Crippen LogP contribution in [-0.4, -0.2) is 11.1 Å². The molecule has 0 bridgehead atoms. The Morgan fingerprint density at radius 3 is 1.81 bits per heavy atom. The molecule has 0 aliphatic carbocycles. The van der Waals surface area contributed by atoms with Crippen LogP contribution in [-0.2, 0) is 15.6 Å². The molecule has 1 N–H and O–H groups in total. The first-order valence-corrected chi connectivity index (χ1v) is 10.9. The molecule has 1 unspecified atom stereocenters. The predicted octanol–water partition coefficient (Wildman–Crippen LogP) is 7.24. The number of aryl methyl sites for hydroxylation is 2. The number of carbonyl (C=O) groups excluding carboxylic acids is 1. The van der Waals surface area contributed by atoms with Crippen molar-refractivity contribution in [3.05, 3.63) is 69.8 Å². The molecule has 0 aromatic heterocycles. The maximum Gasteiger partial charge on any atom is 0.338 e. The highest BCUT2D eigenvalue weighted by Crippen LogP contribution is 2.45. The van der Waals surface area contributed by atoms with E-state index in [2.05, 4.69) is 67.2 Å². The molecule has 0 spiro atoms. The summed E-state index contributed by atoms with van der Waals surface area (Å²) in [6, 6.07) is 8.20. The summed E-state index contributed by atoms with van der Waals surface area (Å²) in [7, 11) is 0. The number of benzene rings is 2. The van der Waals surface area contributed by atoms with E-state index >= 15 is 0 Å². The van der Waals surface area contributed by atoms with Gasteiger partial charge in [0.2, 0.25) is 0 Å². The van der Waals surface area contributed by atoms with Crippen molar-refractivity contribution in [3.63, 3.8) is 0 Å². The average molecular weight is 423 g/mol. The van der Waals surface area contributed by atoms with Crippen LogP contribution in [0.25, 0.3) is 0 Å². The molecule has 1 atom stereocenters. The van der Waals surface area contributed by atoms with Crippen molar-refractivity contribution in [2.24, 2.45) is 0 Å². The number of phenols is 1. The van der Waals surface area contributed by atoms with Crippen LogP contribution in [0, 0.1) is 13.8 Å². The van der Waals surface area contributed by atoms with Gasteiger partial charge in [-0.1, -0.05) is 90.4 Å². The van der Waals surface area contributed by atoms with Crippen LogP contribution in [0.15, 0.2) is 36.4 Å². The van der Waals surface area contributed by atoms with Crippen molar-refractivity contribution in [2.45, 2.75) is 86.0 Å². The van der Waals surface area contributed by atoms with Gasteiger partial charge in [0.25, 0.3) is 0 Å². The fraction of sp³-hybridized carbons (Fsp3) is 0.464. The Hall–Kier alpha value is -2.55. The van der Waals surface area contributed by atoms with E-state index in [9.17, 15) is 9.90 Å². The van der Waals surface area contributed by atoms with Crippen LogP contribution in [0.3, 0.4) is 0 Å². The van der Waals surface area contributed by atoms with E-state index < -0.39 is 5.97 Å². The predicted molar refractivity (Wildman–Crippen MR) is 129 cm³/mol. The smallest absolute Gasteiger partial charge is 0.338 e. The maximum absolute atomic E-state index is 12.5. The second-order valence-corrected chi connectivity index (χ2v) is 10.9. The lowest BCUT2D eigenvalue weighted by Gasteiger charge is -2.29. The zero-order valence-electron chi connectivity index (χ0n) is 20.9. The molecule has 168 valence electrons. The largest absolute Gasteiger partial charge is 0.507 e. The van der Waals surface area contributed by atoms with E-state index in [4.69, 9.17) is 4.74 Å². The molecule has 2 aromatic carbocycles. The lowest BCUT2D eigenvalue weighted by Crippen LogP contribution is -2.19. The van der Waals surface area contributed by atoms with Crippen molar-refractivity contribution in [1.82, 2.24) is 0 Å². The summed E-state index contributed by atoms with van der Waals surface area (Å²) < 4.78 is 5.91. The number of phenolic OH excluding ortho intramolecular Hbond substituents is 1. The number of aromatic hydroxyl groups is 1. The van der Waals surface area contributed by atoms with E-state index in [1.807, 2.05) is 26.0 Å². The zero-order chi connectivity index (χ0) is 23.9. The fourth-order valence-corrected chi connectivity index (χ4v) is 3.85. The molecule has 3 nitrogen and oxygen atoms in total. The van der Waals surface area contributed by atoms with Crippen molar-refractivity contribution >= 4 is 5.97 Å². The summed E-state index contributed by atoms with van der Waals surface area (Å²) in [5.41, 5.74) is 5.72. The summed E-state index contributed by atoms with van der Waals surface area (Å²) in [5, 5.41) is 11.2. The minimum Gasteiger partial charge on any atom is -0.507 e. The highest BCUT2D eigenvalue weighted by atomic mass is 16.5. The van der Waals surface area contributed by atoms with Crippen LogP contribution < -0.4 is 4.74 Å². The Labute approximate surface area is 188 Å². The van der Waals surface area contributed by atoms with Gasteiger partial charge in [0.05, 0.1) is 0 Å². The topological polar surface area (TPSA) is 46.5 Å². The minimum absolute atomic E-state index is 0.171. The second-order valence-electron chi connectivity index (χ2n) is 10.9. The lowest BCUT2D eigenvalue weighted by atomic mass is 9.78. The van der Waals surface area contributed by atoms with Crippen molar-refractivity contribution in [1.29, 1.82) is 0 Å². The van der Waals surface area contributed by atoms with Gasteiger partial charge in [-0.05, 0) is 37.2 Å². The van der Waals surface area contributed by atoms with Gasteiger partial charge in [0, 0.05) is 28.2 Å². The third-order valence-electron chi connectivity index (χ3n) is 5.64. The van der Waals surface area contributed by atoms with E-state index in [0.29, 0.717) is 17.1 Å². The summed E-state index contributed by atoms with van der Waals surface area (Å²) in [4.78, 5) is 12.5. The quantitative estimate of drug-likeness (QED) is 0.321. The van der Waals surface area contributed by atoms with Gasteiger partial charge in [-0.2, -0.15) is 0 Å². The molecule has 0 radical (unpaired) electrons. The molecule has 0 saturated heterocycles. The zero-order valence-corrected chi connectivity index (χ0v) is 20.9. The molecule has 0 aliphatic rings. The standard InChI is InChI=1S/C28H38O3/c1-16(2)26(30)31-25-21(13-18(4)15-23(25)28(9,10)11)19(5)20-12-17(3)14-22(24(20)29)27(6,7)8/h12-15,19,29H,1H2,2-11H3. The third kappa shape index (κ3) is 5.39. The number of ether oxygens (including phenoxy) is 1. The maximum atomic E-state index is 12.5. The number of hydrogen-bond donors (Lipinski definition) is 1. The Bertz CT molecular complexity index is 1010. The molecule has 0 aliphatic heterocycles. The van der Waals surface area contributed by atoms with Gasteiger partial charge in [-0.15, -0.1) is 0 Å². The molecule has 0 fully saturated rings. The van der Waals surface area contributed by atoms with Gasteiger partial charge in [0.15, 0.2) is 0 Å². The molecule has 0 amide bonds. The molecule has 0 saturated carbocycles. The van der Waals surface area contributed by atoms with Crippen LogP contribution in [0.2, 0.25) is 0 Å². The summed E-state index contributed by atoms with van der Waals surface area (Å²) in [6.07, 6.45) is 0. The first-order chi connectivity index (χ1) is 14.0. The molecule has 2 aromatic rings. The van der Waals surface area contributed by atoms with E-state index in [0.717, 1.165) is 33.4 Å². The van der Waals surface area contributed by atoms with Crippen molar-refractivity contribution in [3.8, 4) is 11.5 Å². The number of hydrogen-bond acceptors (Lipinski definition) is 3. The number of rotatable bonds is 4. The Morgan fingerprint density at radius 1 is 0.903 bits per heavy atom. The Morgan fingerprint density at radius 2 is 1.35 bits per heavy atom. The van der Waals surface area contributed by atoms with Crippen LogP contribution in [0.4, 0.5) is 0 Å². The molecule has 0 heterocycles. The van der Waals surface area contributed by atoms with Crippen LogP contribution in [0.1, 0.15) is 94.7 Å². The van der Waals surface area contributed by atoms with Crippen LogP contribution >= 0.6 is 0 Å². The summed E-state index contributed by atoms with van der Waals surface area (Å²) in [6.45, 7) is 24.2. The molecule has 2 rings (SSSR count). The van der Waals surface area contributed by atoms with Gasteiger partial charge in [-0.25, -0.2) is 4.79 Å². The third-order valence-corrected chi connectivity index (χ3v) is 5.64. The monoisotopic (exact) mass is 422 g/mol. The highest BCUT2D eigenvalue weighted by molar-refractivity contribution is 5.89. The van der Waals surface area contributed by atoms with E-state index in [-0.39, 0.29) is 16.7 Å². The Balaban J connectivity index is 2.81. The number of esters is 1. The first-order valence-electron chi connectivity index (χ1n) is 10.9. The van der Waals surface area contributed by atoms with Crippen molar-refractivity contribution in [2.75, 3.05) is 0 Å². The van der Waals surface area contributed by atoms with E-state index in [1.54, 1.807) is 6.92 Å². The summed E-state index contributed by atoms with van der Waals surface area (Å²) >= 11 is 0. The Kier molecular flexibility index (Phi) is 6.80. The molecule has 31 heavy (non-hydrogen) atoms. The van der Waals surface area contributed by atoms with Gasteiger partial charge in [-0.3, -0.25) is 0 Å². The highest BCUT2D eigenvalue weighted by Gasteiger charge is 2.29. The minimum atomic E-state index is -0.438. The molecular weight excluding hydrogens is 384 g/mol. The molecule has 3 heteroatoms.